The summed E-state index contributed by atoms with van der Waals surface area (Å²) >= 11 is 0. The van der Waals surface area contributed by atoms with E-state index in [-0.39, 0.29) is 5.91 Å². The van der Waals surface area contributed by atoms with Crippen molar-refractivity contribution >= 4 is 5.91 Å². The van der Waals surface area contributed by atoms with E-state index >= 15 is 0 Å². The molecule has 0 aromatic rings. The van der Waals surface area contributed by atoms with Gasteiger partial charge in [-0.15, -0.1) is 0 Å². The van der Waals surface area contributed by atoms with Gasteiger partial charge < -0.3 is 5.32 Å². The largest absolute Gasteiger partial charge is 0.352 e. The molecule has 0 aromatic heterocycles. The van der Waals surface area contributed by atoms with E-state index in [9.17, 15) is 4.79 Å². The fourth-order valence-electron chi connectivity index (χ4n) is 1.39. The van der Waals surface area contributed by atoms with Crippen molar-refractivity contribution in [3.05, 3.63) is 48.6 Å². The van der Waals surface area contributed by atoms with Gasteiger partial charge in [0.15, 0.2) is 0 Å². The van der Waals surface area contributed by atoms with Gasteiger partial charge in [-0.05, 0) is 25.2 Å². The lowest BCUT2D eigenvalue weighted by Gasteiger charge is -2.03. The zero-order valence-electron chi connectivity index (χ0n) is 13.1. The lowest BCUT2D eigenvalue weighted by Crippen LogP contribution is -2.25. The standard InChI is InChI=1S/C18H29NO/c1-4-5-6-7-8-9-10-11-12-13-14-15-18(20)19-16-17(2)3/h6-9,12-15,17H,4-5,10-11,16H2,1-3H3,(H,19,20). The molecule has 0 aliphatic heterocycles. The topological polar surface area (TPSA) is 29.1 Å². The van der Waals surface area contributed by atoms with E-state index in [1.165, 1.54) is 6.42 Å². The summed E-state index contributed by atoms with van der Waals surface area (Å²) in [4.78, 5) is 11.4. The number of unbranched alkanes of at least 4 members (excludes halogenated alkanes) is 2. The Bertz CT molecular complexity index is 348. The molecule has 0 atom stereocenters. The summed E-state index contributed by atoms with van der Waals surface area (Å²) in [6.07, 6.45) is 20.3. The monoisotopic (exact) mass is 275 g/mol. The molecule has 0 fully saturated rings. The normalized spacial score (nSPS) is 12.6. The third-order valence-electron chi connectivity index (χ3n) is 2.52. The highest BCUT2D eigenvalue weighted by Gasteiger charge is 1.95. The molecular formula is C18H29NO. The number of hydrogen-bond acceptors (Lipinski definition) is 1. The molecule has 112 valence electrons. The van der Waals surface area contributed by atoms with Crippen molar-refractivity contribution in [1.82, 2.24) is 5.32 Å². The third kappa shape index (κ3) is 14.5. The van der Waals surface area contributed by atoms with Crippen LogP contribution in [0.4, 0.5) is 0 Å². The van der Waals surface area contributed by atoms with Crippen molar-refractivity contribution in [2.24, 2.45) is 5.92 Å². The van der Waals surface area contributed by atoms with Crippen LogP contribution in [0.2, 0.25) is 0 Å². The van der Waals surface area contributed by atoms with E-state index in [0.717, 1.165) is 25.8 Å². The Morgan fingerprint density at radius 1 is 0.950 bits per heavy atom. The van der Waals surface area contributed by atoms with Crippen molar-refractivity contribution < 1.29 is 4.79 Å². The molecule has 0 saturated carbocycles. The van der Waals surface area contributed by atoms with Gasteiger partial charge in [0, 0.05) is 12.6 Å². The highest BCUT2D eigenvalue weighted by molar-refractivity contribution is 5.87. The summed E-state index contributed by atoms with van der Waals surface area (Å²) in [6, 6.07) is 0. The van der Waals surface area contributed by atoms with Crippen molar-refractivity contribution in [1.29, 1.82) is 0 Å². The van der Waals surface area contributed by atoms with Crippen LogP contribution in [0.25, 0.3) is 0 Å². The molecule has 0 aliphatic rings. The van der Waals surface area contributed by atoms with Crippen LogP contribution in [-0.2, 0) is 4.79 Å². The van der Waals surface area contributed by atoms with E-state index < -0.39 is 0 Å². The maximum Gasteiger partial charge on any atom is 0.243 e. The highest BCUT2D eigenvalue weighted by atomic mass is 16.1. The fourth-order valence-corrected chi connectivity index (χ4v) is 1.39. The Kier molecular flexibility index (Phi) is 12.8. The number of rotatable bonds is 10. The molecule has 0 rings (SSSR count). The molecule has 1 N–H and O–H groups in total. The Balaban J connectivity index is 3.63. The summed E-state index contributed by atoms with van der Waals surface area (Å²) in [5.74, 6) is 0.463. The smallest absolute Gasteiger partial charge is 0.243 e. The highest BCUT2D eigenvalue weighted by Crippen LogP contribution is 1.95. The van der Waals surface area contributed by atoms with E-state index in [0.29, 0.717) is 5.92 Å². The summed E-state index contributed by atoms with van der Waals surface area (Å²) in [7, 11) is 0. The van der Waals surface area contributed by atoms with Gasteiger partial charge in [-0.1, -0.05) is 69.7 Å². The average Bonchev–Trinajstić information content (AvgIpc) is 2.42. The van der Waals surface area contributed by atoms with Crippen molar-refractivity contribution in [2.45, 2.75) is 46.5 Å². The maximum absolute atomic E-state index is 11.4. The van der Waals surface area contributed by atoms with E-state index in [4.69, 9.17) is 0 Å². The number of carbonyl (C=O) groups excluding carboxylic acids is 1. The fraction of sp³-hybridized carbons (Fsp3) is 0.500. The number of carbonyl (C=O) groups is 1. The van der Waals surface area contributed by atoms with Crippen molar-refractivity contribution in [2.75, 3.05) is 6.54 Å². The molecule has 0 saturated heterocycles. The Hall–Kier alpha value is -1.57. The number of hydrogen-bond donors (Lipinski definition) is 1. The number of amides is 1. The quantitative estimate of drug-likeness (QED) is 0.353. The predicted molar refractivity (Wildman–Crippen MR) is 88.5 cm³/mol. The van der Waals surface area contributed by atoms with E-state index in [1.807, 2.05) is 6.08 Å². The van der Waals surface area contributed by atoms with Crippen LogP contribution in [0.1, 0.15) is 46.5 Å². The van der Waals surface area contributed by atoms with Crippen molar-refractivity contribution in [3.8, 4) is 0 Å². The lowest BCUT2D eigenvalue weighted by molar-refractivity contribution is -0.116. The molecule has 1 amide bonds. The molecular weight excluding hydrogens is 246 g/mol. The van der Waals surface area contributed by atoms with E-state index in [1.54, 1.807) is 12.2 Å². The van der Waals surface area contributed by atoms with Gasteiger partial charge in [-0.25, -0.2) is 0 Å². The van der Waals surface area contributed by atoms with Gasteiger partial charge >= 0.3 is 0 Å². The predicted octanol–water partition coefficient (Wildman–Crippen LogP) is 4.56. The zero-order valence-corrected chi connectivity index (χ0v) is 13.1. The molecule has 0 unspecified atom stereocenters. The van der Waals surface area contributed by atoms with Gasteiger partial charge in [0.1, 0.15) is 0 Å². The molecule has 0 spiro atoms. The Morgan fingerprint density at radius 3 is 2.05 bits per heavy atom. The van der Waals surface area contributed by atoms with Crippen LogP contribution in [0.3, 0.4) is 0 Å². The maximum atomic E-state index is 11.4. The van der Waals surface area contributed by atoms with Crippen LogP contribution in [0.5, 0.6) is 0 Å². The minimum absolute atomic E-state index is 0.0238. The molecule has 2 nitrogen and oxygen atoms in total. The van der Waals surface area contributed by atoms with E-state index in [2.05, 4.69) is 56.5 Å². The van der Waals surface area contributed by atoms with Gasteiger partial charge in [-0.2, -0.15) is 0 Å². The molecule has 0 aromatic carbocycles. The lowest BCUT2D eigenvalue weighted by atomic mass is 10.2. The molecule has 0 radical (unpaired) electrons. The first-order chi connectivity index (χ1) is 9.66. The van der Waals surface area contributed by atoms with Crippen LogP contribution < -0.4 is 5.32 Å². The second-order valence-corrected chi connectivity index (χ2v) is 5.15. The molecule has 0 bridgehead atoms. The second kappa shape index (κ2) is 13.9. The summed E-state index contributed by atoms with van der Waals surface area (Å²) in [5, 5.41) is 2.84. The summed E-state index contributed by atoms with van der Waals surface area (Å²) < 4.78 is 0. The third-order valence-corrected chi connectivity index (χ3v) is 2.52. The van der Waals surface area contributed by atoms with Crippen molar-refractivity contribution in [3.63, 3.8) is 0 Å². The molecule has 20 heavy (non-hydrogen) atoms. The van der Waals surface area contributed by atoms with Crippen LogP contribution in [0.15, 0.2) is 48.6 Å². The van der Waals surface area contributed by atoms with Gasteiger partial charge in [-0.3, -0.25) is 4.79 Å². The second-order valence-electron chi connectivity index (χ2n) is 5.15. The first-order valence-corrected chi connectivity index (χ1v) is 7.59. The molecule has 0 aliphatic carbocycles. The summed E-state index contributed by atoms with van der Waals surface area (Å²) in [6.45, 7) is 7.06. The SMILES string of the molecule is CCCC=CC=CCCC=CC=CC(=O)NCC(C)C. The Labute approximate surface area is 124 Å². The van der Waals surface area contributed by atoms with Gasteiger partial charge in [0.05, 0.1) is 0 Å². The van der Waals surface area contributed by atoms with Gasteiger partial charge in [0.2, 0.25) is 5.91 Å². The minimum atomic E-state index is -0.0238. The first kappa shape index (κ1) is 18.4. The molecule has 2 heteroatoms. The van der Waals surface area contributed by atoms with Crippen LogP contribution in [0, 0.1) is 5.92 Å². The summed E-state index contributed by atoms with van der Waals surface area (Å²) in [5.41, 5.74) is 0. The minimum Gasteiger partial charge on any atom is -0.352 e. The first-order valence-electron chi connectivity index (χ1n) is 7.59. The number of allylic oxidation sites excluding steroid dienone is 7. The Morgan fingerprint density at radius 2 is 1.50 bits per heavy atom. The van der Waals surface area contributed by atoms with Crippen LogP contribution >= 0.6 is 0 Å². The average molecular weight is 275 g/mol. The molecule has 0 heterocycles. The van der Waals surface area contributed by atoms with Crippen LogP contribution in [-0.4, -0.2) is 12.5 Å². The number of nitrogens with one attached hydrogen (secondary N) is 1. The van der Waals surface area contributed by atoms with Gasteiger partial charge in [0.25, 0.3) is 0 Å². The zero-order chi connectivity index (χ0) is 15.1.